The summed E-state index contributed by atoms with van der Waals surface area (Å²) in [6.45, 7) is -0.636. The maximum Gasteiger partial charge on any atom is 0.336 e. The van der Waals surface area contributed by atoms with Crippen molar-refractivity contribution >= 4 is 39.5 Å². The Kier molecular flexibility index (Phi) is 5.68. The van der Waals surface area contributed by atoms with Crippen LogP contribution in [0.1, 0.15) is 0 Å². The van der Waals surface area contributed by atoms with E-state index in [0.717, 1.165) is 11.1 Å². The Morgan fingerprint density at radius 2 is 1.96 bits per heavy atom. The molecule has 0 spiro atoms. The fraction of sp³-hybridized carbons (Fsp3) is 0.118. The molecule has 4 nitrogen and oxygen atoms in total. The minimum Gasteiger partial charge on any atom is -0.484 e. The summed E-state index contributed by atoms with van der Waals surface area (Å²) < 4.78 is 28.9. The van der Waals surface area contributed by atoms with Crippen molar-refractivity contribution in [2.75, 3.05) is 13.3 Å². The molecule has 24 heavy (non-hydrogen) atoms. The van der Waals surface area contributed by atoms with Crippen LogP contribution in [0.25, 0.3) is 22.1 Å². The minimum absolute atomic E-state index is 0.140. The van der Waals surface area contributed by atoms with E-state index in [-0.39, 0.29) is 24.4 Å². The van der Waals surface area contributed by atoms with Gasteiger partial charge in [0.05, 0.1) is 0 Å². The van der Waals surface area contributed by atoms with Gasteiger partial charge in [-0.05, 0) is 45.3 Å². The normalized spacial score (nSPS) is 11.2. The number of halogens is 2. The number of fused-ring (bicyclic) bond motifs is 1. The molecule has 0 saturated heterocycles. The van der Waals surface area contributed by atoms with Crippen LogP contribution in [0.5, 0.6) is 11.5 Å². The molecule has 0 fully saturated rings. The van der Waals surface area contributed by atoms with Crippen molar-refractivity contribution in [3.05, 3.63) is 59.0 Å². The van der Waals surface area contributed by atoms with E-state index in [4.69, 9.17) is 13.7 Å². The Morgan fingerprint density at radius 1 is 1.17 bits per heavy atom. The highest BCUT2D eigenvalue weighted by atomic mass is 127. The summed E-state index contributed by atoms with van der Waals surface area (Å²) in [7, 11) is 0. The number of rotatable bonds is 6. The van der Waals surface area contributed by atoms with Crippen LogP contribution in [-0.2, 0) is 0 Å². The van der Waals surface area contributed by atoms with Crippen molar-refractivity contribution in [1.29, 1.82) is 0 Å². The number of hydrogen-bond acceptors (Lipinski definition) is 4. The van der Waals surface area contributed by atoms with Crippen LogP contribution in [0, 0.1) is 0 Å². The van der Waals surface area contributed by atoms with Crippen molar-refractivity contribution in [2.45, 2.75) is 0 Å². The molecule has 0 aliphatic rings. The summed E-state index contributed by atoms with van der Waals surface area (Å²) in [5.74, 6) is 0.682. The molecule has 1 unspecified atom stereocenters. The largest absolute Gasteiger partial charge is 0.484 e. The molecule has 0 aliphatic carbocycles. The summed E-state index contributed by atoms with van der Waals surface area (Å²) in [5.41, 5.74) is 1.38. The van der Waals surface area contributed by atoms with Crippen LogP contribution in [0.15, 0.2) is 57.7 Å². The van der Waals surface area contributed by atoms with Crippen LogP contribution in [0.2, 0.25) is 0 Å². The van der Waals surface area contributed by atoms with Crippen LogP contribution >= 0.6 is 28.5 Å². The van der Waals surface area contributed by atoms with Crippen LogP contribution in [-0.4, -0.2) is 13.3 Å². The number of ether oxygens (including phenoxy) is 1. The summed E-state index contributed by atoms with van der Waals surface area (Å²) in [6.07, 6.45) is 0. The highest BCUT2D eigenvalue weighted by molar-refractivity contribution is 14.2. The van der Waals surface area contributed by atoms with Gasteiger partial charge in [0.1, 0.15) is 19.7 Å². The molecule has 0 amide bonds. The van der Waals surface area contributed by atoms with Gasteiger partial charge >= 0.3 is 5.63 Å². The van der Waals surface area contributed by atoms with Crippen molar-refractivity contribution < 1.29 is 18.1 Å². The van der Waals surface area contributed by atoms with Gasteiger partial charge in [0, 0.05) is 11.5 Å². The van der Waals surface area contributed by atoms with Gasteiger partial charge in [0.25, 0.3) is 0 Å². The smallest absolute Gasteiger partial charge is 0.336 e. The Hall–Kier alpha value is -1.66. The van der Waals surface area contributed by atoms with Crippen LogP contribution in [0.4, 0.5) is 4.39 Å². The standard InChI is InChI=1S/C17H13FIO4P/c18-8-9-21-17-14(23-24-19)7-6-12-13(10-15(20)22-16(12)17)11-4-2-1-3-5-11/h1-7,10,24H,8-9H2. The second-order valence-electron chi connectivity index (χ2n) is 4.83. The van der Waals surface area contributed by atoms with Gasteiger partial charge in [-0.1, -0.05) is 30.3 Å². The lowest BCUT2D eigenvalue weighted by Crippen LogP contribution is -2.04. The highest BCUT2D eigenvalue weighted by Crippen LogP contribution is 2.42. The van der Waals surface area contributed by atoms with E-state index in [1.165, 1.54) is 6.07 Å². The Bertz CT molecular complexity index is 898. The average molecular weight is 458 g/mol. The topological polar surface area (TPSA) is 48.7 Å². The first kappa shape index (κ1) is 17.2. The lowest BCUT2D eigenvalue weighted by Gasteiger charge is -2.13. The third-order valence-electron chi connectivity index (χ3n) is 3.39. The molecule has 0 N–H and O–H groups in total. The number of benzene rings is 2. The first-order valence-electron chi connectivity index (χ1n) is 7.12. The van der Waals surface area contributed by atoms with E-state index in [9.17, 15) is 9.18 Å². The zero-order chi connectivity index (χ0) is 16.9. The molecule has 0 saturated carbocycles. The Morgan fingerprint density at radius 3 is 2.67 bits per heavy atom. The molecule has 3 aromatic rings. The first-order valence-corrected chi connectivity index (χ1v) is 11.1. The van der Waals surface area contributed by atoms with Crippen molar-refractivity contribution in [2.24, 2.45) is 0 Å². The maximum absolute atomic E-state index is 12.6. The number of hydrogen-bond donors (Lipinski definition) is 0. The third-order valence-corrected chi connectivity index (χ3v) is 4.35. The van der Waals surface area contributed by atoms with E-state index < -0.39 is 12.3 Å². The van der Waals surface area contributed by atoms with Gasteiger partial charge in [-0.2, -0.15) is 0 Å². The maximum atomic E-state index is 12.6. The summed E-state index contributed by atoms with van der Waals surface area (Å²) in [5, 5.41) is 0.707. The summed E-state index contributed by atoms with van der Waals surface area (Å²) in [6, 6.07) is 14.5. The molecule has 124 valence electrons. The molecular formula is C17H13FIO4P. The highest BCUT2D eigenvalue weighted by Gasteiger charge is 2.17. The molecular weight excluding hydrogens is 445 g/mol. The number of alkyl halides is 1. The van der Waals surface area contributed by atoms with Crippen LogP contribution in [0.3, 0.4) is 0 Å². The quantitative estimate of drug-likeness (QED) is 0.292. The van der Waals surface area contributed by atoms with Crippen molar-refractivity contribution in [1.82, 2.24) is 0 Å². The molecule has 2 aromatic carbocycles. The lowest BCUT2D eigenvalue weighted by atomic mass is 10.0. The second-order valence-corrected chi connectivity index (χ2v) is 6.51. The lowest BCUT2D eigenvalue weighted by molar-refractivity contribution is 0.267. The van der Waals surface area contributed by atoms with Gasteiger partial charge in [-0.25, -0.2) is 9.18 Å². The molecule has 0 radical (unpaired) electrons. The van der Waals surface area contributed by atoms with E-state index in [1.807, 2.05) is 36.4 Å². The predicted octanol–water partition coefficient (Wildman–Crippen LogP) is 5.13. The molecule has 1 aromatic heterocycles. The fourth-order valence-corrected chi connectivity index (χ4v) is 3.40. The van der Waals surface area contributed by atoms with Gasteiger partial charge in [0.15, 0.2) is 11.3 Å². The molecule has 7 heteroatoms. The SMILES string of the molecule is O=c1cc(-c2ccccc2)c2ccc(OPI)c(OCCF)c2o1. The van der Waals surface area contributed by atoms with Gasteiger partial charge in [0.2, 0.25) is 5.75 Å². The first-order chi connectivity index (χ1) is 11.7. The van der Waals surface area contributed by atoms with Gasteiger partial charge in [-0.15, -0.1) is 0 Å². The van der Waals surface area contributed by atoms with Gasteiger partial charge < -0.3 is 13.7 Å². The van der Waals surface area contributed by atoms with Crippen LogP contribution < -0.4 is 14.9 Å². The third kappa shape index (κ3) is 3.54. The van der Waals surface area contributed by atoms with E-state index >= 15 is 0 Å². The monoisotopic (exact) mass is 458 g/mol. The second kappa shape index (κ2) is 7.94. The van der Waals surface area contributed by atoms with E-state index in [1.54, 1.807) is 6.07 Å². The molecule has 1 heterocycles. The summed E-state index contributed by atoms with van der Waals surface area (Å²) in [4.78, 5) is 12.0. The predicted molar refractivity (Wildman–Crippen MR) is 102 cm³/mol. The minimum atomic E-state index is -0.648. The molecule has 0 aliphatic heterocycles. The zero-order valence-corrected chi connectivity index (χ0v) is 15.6. The fourth-order valence-electron chi connectivity index (χ4n) is 2.44. The molecule has 3 rings (SSSR count). The summed E-state index contributed by atoms with van der Waals surface area (Å²) >= 11 is 2.08. The Balaban J connectivity index is 2.27. The molecule has 0 bridgehead atoms. The zero-order valence-electron chi connectivity index (χ0n) is 12.4. The Labute approximate surface area is 152 Å². The van der Waals surface area contributed by atoms with E-state index in [2.05, 4.69) is 22.0 Å². The van der Waals surface area contributed by atoms with E-state index in [0.29, 0.717) is 11.1 Å². The van der Waals surface area contributed by atoms with Crippen molar-refractivity contribution in [3.8, 4) is 22.6 Å². The van der Waals surface area contributed by atoms with Gasteiger partial charge in [-0.3, -0.25) is 0 Å². The average Bonchev–Trinajstić information content (AvgIpc) is 2.61. The molecule has 1 atom stereocenters. The van der Waals surface area contributed by atoms with Crippen molar-refractivity contribution in [3.63, 3.8) is 0 Å².